The maximum absolute atomic E-state index is 12.3. The van der Waals surface area contributed by atoms with Crippen LogP contribution in [0.1, 0.15) is 21.5 Å². The number of rotatable bonds is 3. The average molecular weight is 271 g/mol. The smallest absolute Gasteiger partial charge is 0.256 e. The van der Waals surface area contributed by atoms with Crippen LogP contribution in [0.25, 0.3) is 0 Å². The first-order chi connectivity index (χ1) is 9.13. The fraction of sp³-hybridized carbons (Fsp3) is 0.188. The van der Waals surface area contributed by atoms with Gasteiger partial charge < -0.3 is 5.32 Å². The molecule has 2 rings (SSSR count). The van der Waals surface area contributed by atoms with Crippen LogP contribution >= 0.6 is 11.8 Å². The number of benzene rings is 2. The van der Waals surface area contributed by atoms with Gasteiger partial charge in [-0.3, -0.25) is 4.79 Å². The number of amides is 1. The van der Waals surface area contributed by atoms with Crippen LogP contribution < -0.4 is 5.32 Å². The number of nitrogens with one attached hydrogen (secondary N) is 1. The first-order valence-corrected chi connectivity index (χ1v) is 7.36. The molecule has 0 atom stereocenters. The largest absolute Gasteiger partial charge is 0.322 e. The Morgan fingerprint density at radius 3 is 2.53 bits per heavy atom. The lowest BCUT2D eigenvalue weighted by Crippen LogP contribution is -2.14. The van der Waals surface area contributed by atoms with Crippen LogP contribution in [-0.4, -0.2) is 12.2 Å². The van der Waals surface area contributed by atoms with E-state index in [1.54, 1.807) is 11.8 Å². The Morgan fingerprint density at radius 2 is 1.79 bits per heavy atom. The van der Waals surface area contributed by atoms with Crippen LogP contribution in [0.5, 0.6) is 0 Å². The molecule has 1 N–H and O–H groups in total. The Labute approximate surface area is 118 Å². The molecular formula is C16H17NOS. The molecule has 2 nitrogen and oxygen atoms in total. The van der Waals surface area contributed by atoms with Gasteiger partial charge in [-0.2, -0.15) is 0 Å². The molecular weight excluding hydrogens is 254 g/mol. The van der Waals surface area contributed by atoms with Gasteiger partial charge in [0.25, 0.3) is 5.91 Å². The molecule has 0 radical (unpaired) electrons. The van der Waals surface area contributed by atoms with Crippen molar-refractivity contribution in [2.24, 2.45) is 0 Å². The van der Waals surface area contributed by atoms with Crippen LogP contribution in [0.4, 0.5) is 5.69 Å². The van der Waals surface area contributed by atoms with Crippen LogP contribution in [0, 0.1) is 13.8 Å². The van der Waals surface area contributed by atoms with E-state index >= 15 is 0 Å². The zero-order valence-electron chi connectivity index (χ0n) is 11.4. The molecule has 0 saturated carbocycles. The van der Waals surface area contributed by atoms with Gasteiger partial charge in [0, 0.05) is 10.6 Å². The van der Waals surface area contributed by atoms with Gasteiger partial charge in [-0.1, -0.05) is 24.3 Å². The average Bonchev–Trinajstić information content (AvgIpc) is 2.43. The summed E-state index contributed by atoms with van der Waals surface area (Å²) in [6, 6.07) is 13.6. The van der Waals surface area contributed by atoms with Crippen LogP contribution in [0.2, 0.25) is 0 Å². The number of aryl methyl sites for hydroxylation is 1. The highest BCUT2D eigenvalue weighted by Crippen LogP contribution is 2.23. The van der Waals surface area contributed by atoms with Gasteiger partial charge in [-0.25, -0.2) is 0 Å². The molecule has 3 heteroatoms. The Morgan fingerprint density at radius 1 is 1.05 bits per heavy atom. The molecule has 1 amide bonds. The van der Waals surface area contributed by atoms with E-state index in [9.17, 15) is 4.79 Å². The number of anilines is 1. The predicted octanol–water partition coefficient (Wildman–Crippen LogP) is 4.28. The van der Waals surface area contributed by atoms with Crippen molar-refractivity contribution in [3.63, 3.8) is 0 Å². The molecule has 0 heterocycles. The summed E-state index contributed by atoms with van der Waals surface area (Å²) in [6.07, 6.45) is 1.98. The molecule has 0 aliphatic rings. The van der Waals surface area contributed by atoms with Gasteiger partial charge in [0.1, 0.15) is 0 Å². The van der Waals surface area contributed by atoms with Crippen LogP contribution in [0.3, 0.4) is 0 Å². The minimum absolute atomic E-state index is 0.0568. The molecule has 0 aromatic heterocycles. The third kappa shape index (κ3) is 2.99. The Kier molecular flexibility index (Phi) is 4.27. The second-order valence-electron chi connectivity index (χ2n) is 4.40. The summed E-state index contributed by atoms with van der Waals surface area (Å²) in [4.78, 5) is 13.3. The van der Waals surface area contributed by atoms with Crippen molar-refractivity contribution in [2.75, 3.05) is 11.6 Å². The van der Waals surface area contributed by atoms with Crippen LogP contribution in [-0.2, 0) is 0 Å². The maximum atomic E-state index is 12.3. The molecule has 0 spiro atoms. The van der Waals surface area contributed by atoms with Gasteiger partial charge in [0.2, 0.25) is 0 Å². The van der Waals surface area contributed by atoms with Crippen LogP contribution in [0.15, 0.2) is 47.4 Å². The van der Waals surface area contributed by atoms with E-state index in [0.717, 1.165) is 21.7 Å². The summed E-state index contributed by atoms with van der Waals surface area (Å²) < 4.78 is 0. The number of hydrogen-bond acceptors (Lipinski definition) is 2. The van der Waals surface area contributed by atoms with Gasteiger partial charge in [-0.05, 0) is 49.4 Å². The Hall–Kier alpha value is -1.74. The van der Waals surface area contributed by atoms with E-state index in [4.69, 9.17) is 0 Å². The summed E-state index contributed by atoms with van der Waals surface area (Å²) in [7, 11) is 0. The number of hydrogen-bond donors (Lipinski definition) is 1. The molecule has 19 heavy (non-hydrogen) atoms. The topological polar surface area (TPSA) is 29.1 Å². The van der Waals surface area contributed by atoms with Gasteiger partial charge >= 0.3 is 0 Å². The number of carbonyl (C=O) groups excluding carboxylic acids is 1. The zero-order valence-corrected chi connectivity index (χ0v) is 12.2. The lowest BCUT2D eigenvalue weighted by molar-refractivity contribution is 0.102. The molecule has 0 fully saturated rings. The van der Waals surface area contributed by atoms with E-state index in [1.165, 1.54) is 5.56 Å². The van der Waals surface area contributed by atoms with Crippen molar-refractivity contribution in [1.82, 2.24) is 0 Å². The second kappa shape index (κ2) is 5.93. The molecule has 2 aromatic rings. The molecule has 2 aromatic carbocycles. The van der Waals surface area contributed by atoms with Crippen molar-refractivity contribution in [1.29, 1.82) is 0 Å². The minimum Gasteiger partial charge on any atom is -0.322 e. The SMILES string of the molecule is CSc1ccccc1C(=O)Nc1cccc(C)c1C. The van der Waals surface area contributed by atoms with Gasteiger partial charge in [0.15, 0.2) is 0 Å². The molecule has 0 aliphatic carbocycles. The van der Waals surface area contributed by atoms with Crippen molar-refractivity contribution in [2.45, 2.75) is 18.7 Å². The lowest BCUT2D eigenvalue weighted by Gasteiger charge is -2.12. The van der Waals surface area contributed by atoms with E-state index < -0.39 is 0 Å². The highest BCUT2D eigenvalue weighted by Gasteiger charge is 2.11. The van der Waals surface area contributed by atoms with E-state index in [0.29, 0.717) is 0 Å². The molecule has 0 bridgehead atoms. The number of thioether (sulfide) groups is 1. The summed E-state index contributed by atoms with van der Waals surface area (Å²) in [5.74, 6) is -0.0568. The summed E-state index contributed by atoms with van der Waals surface area (Å²) in [6.45, 7) is 4.06. The Bertz CT molecular complexity index is 607. The van der Waals surface area contributed by atoms with E-state index in [-0.39, 0.29) is 5.91 Å². The fourth-order valence-electron chi connectivity index (χ4n) is 1.91. The summed E-state index contributed by atoms with van der Waals surface area (Å²) in [5, 5.41) is 2.99. The standard InChI is InChI=1S/C16H17NOS/c1-11-7-6-9-14(12(11)2)17-16(18)13-8-4-5-10-15(13)19-3/h4-10H,1-3H3,(H,17,18). The van der Waals surface area contributed by atoms with E-state index in [2.05, 4.69) is 5.32 Å². The molecule has 0 unspecified atom stereocenters. The summed E-state index contributed by atoms with van der Waals surface area (Å²) >= 11 is 1.58. The highest BCUT2D eigenvalue weighted by atomic mass is 32.2. The molecule has 0 saturated heterocycles. The second-order valence-corrected chi connectivity index (χ2v) is 5.25. The van der Waals surface area contributed by atoms with Crippen molar-refractivity contribution in [3.05, 3.63) is 59.2 Å². The van der Waals surface area contributed by atoms with Crippen molar-refractivity contribution < 1.29 is 4.79 Å². The monoisotopic (exact) mass is 271 g/mol. The first kappa shape index (κ1) is 13.7. The normalized spacial score (nSPS) is 10.3. The number of carbonyl (C=O) groups is 1. The maximum Gasteiger partial charge on any atom is 0.256 e. The summed E-state index contributed by atoms with van der Waals surface area (Å²) in [5.41, 5.74) is 3.88. The zero-order chi connectivity index (χ0) is 13.8. The van der Waals surface area contributed by atoms with Gasteiger partial charge in [-0.15, -0.1) is 11.8 Å². The first-order valence-electron chi connectivity index (χ1n) is 6.14. The third-order valence-corrected chi connectivity index (χ3v) is 4.00. The highest BCUT2D eigenvalue weighted by molar-refractivity contribution is 7.98. The minimum atomic E-state index is -0.0568. The lowest BCUT2D eigenvalue weighted by atomic mass is 10.1. The van der Waals surface area contributed by atoms with Crippen molar-refractivity contribution >= 4 is 23.4 Å². The van der Waals surface area contributed by atoms with Gasteiger partial charge in [0.05, 0.1) is 5.56 Å². The Balaban J connectivity index is 2.28. The molecule has 98 valence electrons. The quantitative estimate of drug-likeness (QED) is 0.844. The predicted molar refractivity (Wildman–Crippen MR) is 82.1 cm³/mol. The van der Waals surface area contributed by atoms with Crippen molar-refractivity contribution in [3.8, 4) is 0 Å². The van der Waals surface area contributed by atoms with E-state index in [1.807, 2.05) is 62.6 Å². The third-order valence-electron chi connectivity index (χ3n) is 3.20. The molecule has 0 aliphatic heterocycles. The fourth-order valence-corrected chi connectivity index (χ4v) is 2.50.